The minimum absolute atomic E-state index is 0. The number of halogens is 3. The summed E-state index contributed by atoms with van der Waals surface area (Å²) in [5, 5.41) is 14.5. The lowest BCUT2D eigenvalue weighted by Gasteiger charge is -2.29. The van der Waals surface area contributed by atoms with Crippen LogP contribution in [0.5, 0.6) is 0 Å². The monoisotopic (exact) mass is 307 g/mol. The van der Waals surface area contributed by atoms with Crippen molar-refractivity contribution in [2.75, 3.05) is 13.1 Å². The Labute approximate surface area is 123 Å². The summed E-state index contributed by atoms with van der Waals surface area (Å²) in [6, 6.07) is 5.86. The maximum atomic E-state index is 9.90. The van der Waals surface area contributed by atoms with E-state index in [9.17, 15) is 5.11 Å². The van der Waals surface area contributed by atoms with Crippen LogP contribution in [-0.4, -0.2) is 24.3 Å². The molecule has 1 aromatic carbocycles. The van der Waals surface area contributed by atoms with Crippen LogP contribution in [0.15, 0.2) is 18.2 Å². The Hall–Kier alpha value is 0.01000. The Balaban J connectivity index is 0.00000120. The third-order valence-corrected chi connectivity index (χ3v) is 5.00. The lowest BCUT2D eigenvalue weighted by atomic mass is 9.74. The van der Waals surface area contributed by atoms with Gasteiger partial charge in [-0.1, -0.05) is 29.3 Å². The van der Waals surface area contributed by atoms with Gasteiger partial charge in [-0.25, -0.2) is 0 Å². The van der Waals surface area contributed by atoms with E-state index in [1.165, 1.54) is 5.56 Å². The standard InChI is InChI=1S/C13H15Cl2NO.ClH/c14-11-2-1-8(4-12(11)15)13-5-10(17)3-9(13)6-16-7-13;/h1-2,4,9-10,16-17H,3,5-7H2;1H/t9-,10-,13+;/m1./s1. The van der Waals surface area contributed by atoms with Crippen LogP contribution in [0.25, 0.3) is 0 Å². The van der Waals surface area contributed by atoms with E-state index in [1.54, 1.807) is 0 Å². The molecule has 0 unspecified atom stereocenters. The zero-order valence-corrected chi connectivity index (χ0v) is 12.2. The van der Waals surface area contributed by atoms with Crippen molar-refractivity contribution in [1.82, 2.24) is 5.32 Å². The van der Waals surface area contributed by atoms with Crippen LogP contribution in [-0.2, 0) is 5.41 Å². The SMILES string of the molecule is Cl.O[C@@H]1C[C@@H]2CNC[C@]2(c2ccc(Cl)c(Cl)c2)C1. The van der Waals surface area contributed by atoms with Crippen LogP contribution in [0.1, 0.15) is 18.4 Å². The minimum atomic E-state index is -0.184. The molecule has 1 saturated carbocycles. The minimum Gasteiger partial charge on any atom is -0.393 e. The van der Waals surface area contributed by atoms with Gasteiger partial charge < -0.3 is 10.4 Å². The zero-order valence-electron chi connectivity index (χ0n) is 9.83. The molecule has 2 aliphatic rings. The van der Waals surface area contributed by atoms with Gasteiger partial charge in [0.1, 0.15) is 0 Å². The Bertz CT molecular complexity index is 454. The maximum Gasteiger partial charge on any atom is 0.0595 e. The molecular formula is C13H16Cl3NO. The van der Waals surface area contributed by atoms with Crippen molar-refractivity contribution >= 4 is 35.6 Å². The highest BCUT2D eigenvalue weighted by molar-refractivity contribution is 6.42. The van der Waals surface area contributed by atoms with Crippen molar-refractivity contribution in [3.05, 3.63) is 33.8 Å². The fourth-order valence-corrected chi connectivity index (χ4v) is 3.75. The first-order valence-electron chi connectivity index (χ1n) is 5.96. The fraction of sp³-hybridized carbons (Fsp3) is 0.538. The average Bonchev–Trinajstić information content (AvgIpc) is 2.78. The molecule has 0 aromatic heterocycles. The summed E-state index contributed by atoms with van der Waals surface area (Å²) in [5.74, 6) is 0.509. The molecule has 1 aliphatic carbocycles. The van der Waals surface area contributed by atoms with Crippen LogP contribution in [0.4, 0.5) is 0 Å². The number of benzene rings is 1. The molecule has 1 aliphatic heterocycles. The maximum absolute atomic E-state index is 9.90. The Morgan fingerprint density at radius 2 is 2.06 bits per heavy atom. The van der Waals surface area contributed by atoms with E-state index in [2.05, 4.69) is 5.32 Å². The van der Waals surface area contributed by atoms with Crippen LogP contribution >= 0.6 is 35.6 Å². The quantitative estimate of drug-likeness (QED) is 0.836. The molecule has 0 spiro atoms. The van der Waals surface area contributed by atoms with Gasteiger partial charge in [0, 0.05) is 12.0 Å². The van der Waals surface area contributed by atoms with Gasteiger partial charge >= 0.3 is 0 Å². The number of hydrogen-bond donors (Lipinski definition) is 2. The molecule has 1 aromatic rings. The molecule has 100 valence electrons. The van der Waals surface area contributed by atoms with Crippen LogP contribution < -0.4 is 5.32 Å². The van der Waals surface area contributed by atoms with Crippen molar-refractivity contribution in [1.29, 1.82) is 0 Å². The third kappa shape index (κ3) is 2.14. The first-order chi connectivity index (χ1) is 8.12. The Morgan fingerprint density at radius 1 is 1.28 bits per heavy atom. The molecule has 1 heterocycles. The molecule has 3 atom stereocenters. The molecular weight excluding hydrogens is 293 g/mol. The normalized spacial score (nSPS) is 34.2. The van der Waals surface area contributed by atoms with E-state index < -0.39 is 0 Å². The van der Waals surface area contributed by atoms with Crippen molar-refractivity contribution in [2.24, 2.45) is 5.92 Å². The number of rotatable bonds is 1. The molecule has 2 fully saturated rings. The highest BCUT2D eigenvalue weighted by atomic mass is 35.5. The summed E-state index contributed by atoms with van der Waals surface area (Å²) < 4.78 is 0. The van der Waals surface area contributed by atoms with Gasteiger partial charge in [-0.2, -0.15) is 0 Å². The molecule has 0 bridgehead atoms. The molecule has 0 amide bonds. The van der Waals surface area contributed by atoms with Gasteiger partial charge in [0.05, 0.1) is 16.1 Å². The van der Waals surface area contributed by atoms with Crippen molar-refractivity contribution in [2.45, 2.75) is 24.4 Å². The number of fused-ring (bicyclic) bond motifs is 1. The van der Waals surface area contributed by atoms with Gasteiger partial charge in [0.25, 0.3) is 0 Å². The molecule has 0 radical (unpaired) electrons. The summed E-state index contributed by atoms with van der Waals surface area (Å²) in [6.45, 7) is 1.91. The Kier molecular flexibility index (Phi) is 4.15. The average molecular weight is 309 g/mol. The molecule has 3 rings (SSSR count). The second-order valence-corrected chi connectivity index (χ2v) is 6.02. The fourth-order valence-electron chi connectivity index (χ4n) is 3.45. The van der Waals surface area contributed by atoms with E-state index in [0.29, 0.717) is 16.0 Å². The highest BCUT2D eigenvalue weighted by Gasteiger charge is 2.50. The molecule has 2 N–H and O–H groups in total. The van der Waals surface area contributed by atoms with Gasteiger partial charge in [-0.3, -0.25) is 0 Å². The molecule has 2 nitrogen and oxygen atoms in total. The molecule has 1 saturated heterocycles. The van der Waals surface area contributed by atoms with E-state index in [0.717, 1.165) is 25.9 Å². The largest absolute Gasteiger partial charge is 0.393 e. The zero-order chi connectivity index (χ0) is 12.0. The predicted octanol–water partition coefficient (Wildman–Crippen LogP) is 3.03. The van der Waals surface area contributed by atoms with E-state index in [1.807, 2.05) is 18.2 Å². The van der Waals surface area contributed by atoms with Crippen molar-refractivity contribution in [3.63, 3.8) is 0 Å². The molecule has 18 heavy (non-hydrogen) atoms. The second-order valence-electron chi connectivity index (χ2n) is 5.21. The van der Waals surface area contributed by atoms with Crippen molar-refractivity contribution < 1.29 is 5.11 Å². The number of aliphatic hydroxyl groups excluding tert-OH is 1. The number of aliphatic hydroxyl groups is 1. The van der Waals surface area contributed by atoms with Crippen LogP contribution in [0.3, 0.4) is 0 Å². The Morgan fingerprint density at radius 3 is 2.78 bits per heavy atom. The smallest absolute Gasteiger partial charge is 0.0595 e. The third-order valence-electron chi connectivity index (χ3n) is 4.26. The van der Waals surface area contributed by atoms with Crippen molar-refractivity contribution in [3.8, 4) is 0 Å². The molecule has 5 heteroatoms. The summed E-state index contributed by atoms with van der Waals surface area (Å²) in [5.41, 5.74) is 1.26. The lowest BCUT2D eigenvalue weighted by molar-refractivity contribution is 0.170. The summed E-state index contributed by atoms with van der Waals surface area (Å²) in [7, 11) is 0. The van der Waals surface area contributed by atoms with Crippen LogP contribution in [0.2, 0.25) is 10.0 Å². The van der Waals surface area contributed by atoms with E-state index in [4.69, 9.17) is 23.2 Å². The summed E-state index contributed by atoms with van der Waals surface area (Å²) in [4.78, 5) is 0. The van der Waals surface area contributed by atoms with Gasteiger partial charge in [0.2, 0.25) is 0 Å². The number of nitrogens with one attached hydrogen (secondary N) is 1. The summed E-state index contributed by atoms with van der Waals surface area (Å²) in [6.07, 6.45) is 1.52. The van der Waals surface area contributed by atoms with Gasteiger partial charge in [-0.15, -0.1) is 12.4 Å². The first kappa shape index (κ1) is 14.4. The van der Waals surface area contributed by atoms with Crippen LogP contribution in [0, 0.1) is 5.92 Å². The first-order valence-corrected chi connectivity index (χ1v) is 6.72. The van der Waals surface area contributed by atoms with Gasteiger partial charge in [0.15, 0.2) is 0 Å². The topological polar surface area (TPSA) is 32.3 Å². The summed E-state index contributed by atoms with van der Waals surface area (Å²) >= 11 is 12.1. The highest BCUT2D eigenvalue weighted by Crippen LogP contribution is 2.48. The number of hydrogen-bond acceptors (Lipinski definition) is 2. The van der Waals surface area contributed by atoms with E-state index in [-0.39, 0.29) is 23.9 Å². The van der Waals surface area contributed by atoms with E-state index >= 15 is 0 Å². The predicted molar refractivity (Wildman–Crippen MR) is 77.0 cm³/mol. The second kappa shape index (κ2) is 5.18. The lowest BCUT2D eigenvalue weighted by Crippen LogP contribution is -2.31. The van der Waals surface area contributed by atoms with Gasteiger partial charge in [-0.05, 0) is 43.0 Å².